The van der Waals surface area contributed by atoms with Crippen molar-refractivity contribution in [1.29, 1.82) is 5.26 Å². The summed E-state index contributed by atoms with van der Waals surface area (Å²) in [4.78, 5) is 4.67. The van der Waals surface area contributed by atoms with Gasteiger partial charge in [-0.15, -0.1) is 5.10 Å². The van der Waals surface area contributed by atoms with E-state index in [1.807, 2.05) is 12.1 Å². The third-order valence-corrected chi connectivity index (χ3v) is 5.68. The van der Waals surface area contributed by atoms with Gasteiger partial charge in [-0.3, -0.25) is 4.90 Å². The molecule has 2 aromatic rings. The summed E-state index contributed by atoms with van der Waals surface area (Å²) in [5.41, 5.74) is 3.93. The number of nitrogens with zero attached hydrogens (tertiary/aromatic N) is 5. The van der Waals surface area contributed by atoms with E-state index in [4.69, 9.17) is 4.74 Å². The van der Waals surface area contributed by atoms with Crippen LogP contribution in [0.2, 0.25) is 0 Å². The monoisotopic (exact) mass is 379 g/mol. The molecule has 0 N–H and O–H groups in total. The summed E-state index contributed by atoms with van der Waals surface area (Å²) >= 11 is 0. The van der Waals surface area contributed by atoms with Crippen molar-refractivity contribution < 1.29 is 4.74 Å². The second kappa shape index (κ2) is 9.03. The molecular weight excluding hydrogens is 350 g/mol. The molecule has 6 nitrogen and oxygen atoms in total. The number of nitriles is 1. The minimum atomic E-state index is 0.312. The minimum Gasteiger partial charge on any atom is -0.497 e. The lowest BCUT2D eigenvalue weighted by atomic mass is 10.0. The van der Waals surface area contributed by atoms with Crippen LogP contribution in [0.4, 0.5) is 5.82 Å². The van der Waals surface area contributed by atoms with E-state index >= 15 is 0 Å². The SMILES string of the molecule is CCc1nnc(N2CCN(C(C)c3cccc(OC)c3)CC2)c(C#N)c1CC. The van der Waals surface area contributed by atoms with E-state index in [0.717, 1.165) is 61.8 Å². The van der Waals surface area contributed by atoms with E-state index in [2.05, 4.69) is 59.0 Å². The highest BCUT2D eigenvalue weighted by Crippen LogP contribution is 2.28. The zero-order valence-corrected chi connectivity index (χ0v) is 17.3. The van der Waals surface area contributed by atoms with Gasteiger partial charge in [-0.05, 0) is 43.0 Å². The molecule has 1 unspecified atom stereocenters. The van der Waals surface area contributed by atoms with Gasteiger partial charge in [0.25, 0.3) is 0 Å². The lowest BCUT2D eigenvalue weighted by Gasteiger charge is -2.39. The van der Waals surface area contributed by atoms with Crippen LogP contribution < -0.4 is 9.64 Å². The van der Waals surface area contributed by atoms with Crippen LogP contribution in [0.5, 0.6) is 5.75 Å². The van der Waals surface area contributed by atoms with Crippen molar-refractivity contribution in [3.63, 3.8) is 0 Å². The number of ether oxygens (including phenoxy) is 1. The van der Waals surface area contributed by atoms with Crippen molar-refractivity contribution in [1.82, 2.24) is 15.1 Å². The smallest absolute Gasteiger partial charge is 0.169 e. The summed E-state index contributed by atoms with van der Waals surface area (Å²) < 4.78 is 5.36. The Morgan fingerprint density at radius 2 is 1.89 bits per heavy atom. The number of rotatable bonds is 6. The molecule has 1 aromatic carbocycles. The molecule has 0 aliphatic carbocycles. The fraction of sp³-hybridized carbons (Fsp3) is 0.500. The van der Waals surface area contributed by atoms with Crippen LogP contribution >= 0.6 is 0 Å². The third kappa shape index (κ3) is 3.95. The Kier molecular flexibility index (Phi) is 6.48. The predicted octanol–water partition coefficient (Wildman–Crippen LogP) is 3.36. The molecule has 1 aliphatic rings. The Bertz CT molecular complexity index is 852. The summed E-state index contributed by atoms with van der Waals surface area (Å²) in [6, 6.07) is 11.0. The van der Waals surface area contributed by atoms with Gasteiger partial charge in [-0.1, -0.05) is 26.0 Å². The van der Waals surface area contributed by atoms with Crippen molar-refractivity contribution in [2.24, 2.45) is 0 Å². The molecule has 1 aliphatic heterocycles. The van der Waals surface area contributed by atoms with E-state index in [1.165, 1.54) is 5.56 Å². The van der Waals surface area contributed by atoms with Gasteiger partial charge < -0.3 is 9.64 Å². The highest BCUT2D eigenvalue weighted by atomic mass is 16.5. The highest BCUT2D eigenvalue weighted by Gasteiger charge is 2.26. The Labute approximate surface area is 167 Å². The molecular formula is C22H29N5O. The predicted molar refractivity (Wildman–Crippen MR) is 111 cm³/mol. The van der Waals surface area contributed by atoms with E-state index in [1.54, 1.807) is 7.11 Å². The van der Waals surface area contributed by atoms with Crippen LogP contribution in [0, 0.1) is 11.3 Å². The zero-order valence-electron chi connectivity index (χ0n) is 17.3. The molecule has 3 rings (SSSR count). The lowest BCUT2D eigenvalue weighted by molar-refractivity contribution is 0.198. The van der Waals surface area contributed by atoms with E-state index < -0.39 is 0 Å². The number of aromatic nitrogens is 2. The summed E-state index contributed by atoms with van der Waals surface area (Å²) in [5, 5.41) is 18.6. The first-order chi connectivity index (χ1) is 13.6. The molecule has 148 valence electrons. The quantitative estimate of drug-likeness (QED) is 0.767. The first-order valence-electron chi connectivity index (χ1n) is 10.0. The normalized spacial score (nSPS) is 15.9. The maximum absolute atomic E-state index is 9.75. The van der Waals surface area contributed by atoms with Crippen LogP contribution in [-0.2, 0) is 12.8 Å². The van der Waals surface area contributed by atoms with Crippen molar-refractivity contribution in [3.05, 3.63) is 46.6 Å². The fourth-order valence-electron chi connectivity index (χ4n) is 3.93. The number of aryl methyl sites for hydroxylation is 1. The summed E-state index contributed by atoms with van der Waals surface area (Å²) in [6.45, 7) is 9.88. The Morgan fingerprint density at radius 1 is 1.14 bits per heavy atom. The molecule has 1 saturated heterocycles. The van der Waals surface area contributed by atoms with Gasteiger partial charge >= 0.3 is 0 Å². The van der Waals surface area contributed by atoms with Crippen LogP contribution in [0.15, 0.2) is 24.3 Å². The minimum absolute atomic E-state index is 0.312. The van der Waals surface area contributed by atoms with Gasteiger partial charge in [-0.25, -0.2) is 0 Å². The van der Waals surface area contributed by atoms with Gasteiger partial charge in [0.15, 0.2) is 5.82 Å². The number of hydrogen-bond acceptors (Lipinski definition) is 6. The largest absolute Gasteiger partial charge is 0.497 e. The average Bonchev–Trinajstić information content (AvgIpc) is 2.77. The van der Waals surface area contributed by atoms with Gasteiger partial charge in [0.05, 0.1) is 12.8 Å². The van der Waals surface area contributed by atoms with Crippen molar-refractivity contribution in [2.45, 2.75) is 39.7 Å². The summed E-state index contributed by atoms with van der Waals surface area (Å²) in [7, 11) is 1.70. The van der Waals surface area contributed by atoms with Crippen molar-refractivity contribution in [2.75, 3.05) is 38.2 Å². The van der Waals surface area contributed by atoms with Gasteiger partial charge in [-0.2, -0.15) is 10.4 Å². The summed E-state index contributed by atoms with van der Waals surface area (Å²) in [6.07, 6.45) is 1.61. The molecule has 1 atom stereocenters. The van der Waals surface area contributed by atoms with Crippen LogP contribution in [0.3, 0.4) is 0 Å². The van der Waals surface area contributed by atoms with Crippen molar-refractivity contribution >= 4 is 5.82 Å². The summed E-state index contributed by atoms with van der Waals surface area (Å²) in [5.74, 6) is 1.63. The maximum Gasteiger partial charge on any atom is 0.169 e. The van der Waals surface area contributed by atoms with Gasteiger partial charge in [0.2, 0.25) is 0 Å². The molecule has 0 bridgehead atoms. The second-order valence-corrected chi connectivity index (χ2v) is 7.12. The highest BCUT2D eigenvalue weighted by molar-refractivity contribution is 5.58. The molecule has 0 spiro atoms. The van der Waals surface area contributed by atoms with Crippen LogP contribution in [0.25, 0.3) is 0 Å². The number of hydrogen-bond donors (Lipinski definition) is 0. The lowest BCUT2D eigenvalue weighted by Crippen LogP contribution is -2.47. The molecule has 1 fully saturated rings. The molecule has 0 saturated carbocycles. The van der Waals surface area contributed by atoms with E-state index in [-0.39, 0.29) is 0 Å². The zero-order chi connectivity index (χ0) is 20.1. The first kappa shape index (κ1) is 20.1. The maximum atomic E-state index is 9.75. The second-order valence-electron chi connectivity index (χ2n) is 7.12. The number of methoxy groups -OCH3 is 1. The first-order valence-corrected chi connectivity index (χ1v) is 10.0. The van der Waals surface area contributed by atoms with E-state index in [9.17, 15) is 5.26 Å². The molecule has 6 heteroatoms. The van der Waals surface area contributed by atoms with Crippen LogP contribution in [-0.4, -0.2) is 48.4 Å². The van der Waals surface area contributed by atoms with Crippen molar-refractivity contribution in [3.8, 4) is 11.8 Å². The van der Waals surface area contributed by atoms with E-state index in [0.29, 0.717) is 11.6 Å². The fourth-order valence-corrected chi connectivity index (χ4v) is 3.93. The number of benzene rings is 1. The Hall–Kier alpha value is -2.65. The Balaban J connectivity index is 1.74. The molecule has 28 heavy (non-hydrogen) atoms. The van der Waals surface area contributed by atoms with Gasteiger partial charge in [0.1, 0.15) is 17.4 Å². The molecule has 0 amide bonds. The van der Waals surface area contributed by atoms with Crippen LogP contribution in [0.1, 0.15) is 49.2 Å². The standard InChI is InChI=1S/C22H29N5O/c1-5-19-20(15-23)22(25-24-21(19)6-2)27-12-10-26(11-13-27)16(3)17-8-7-9-18(14-17)28-4/h7-9,14,16H,5-6,10-13H2,1-4H3. The topological polar surface area (TPSA) is 65.3 Å². The molecule has 0 radical (unpaired) electrons. The number of piperazine rings is 1. The Morgan fingerprint density at radius 3 is 2.50 bits per heavy atom. The average molecular weight is 380 g/mol. The third-order valence-electron chi connectivity index (χ3n) is 5.68. The van der Waals surface area contributed by atoms with Gasteiger partial charge in [0, 0.05) is 32.2 Å². The number of anilines is 1. The molecule has 1 aromatic heterocycles. The molecule has 2 heterocycles.